The van der Waals surface area contributed by atoms with Gasteiger partial charge in [0.1, 0.15) is 5.69 Å². The van der Waals surface area contributed by atoms with Crippen LogP contribution in [-0.2, 0) is 6.42 Å². The van der Waals surface area contributed by atoms with Crippen molar-refractivity contribution in [3.63, 3.8) is 0 Å². The number of unbranched alkanes of at least 4 members (excludes halogenated alkanes) is 3. The number of hydrogen-bond acceptors (Lipinski definition) is 7. The highest BCUT2D eigenvalue weighted by atomic mass is 35.5. The summed E-state index contributed by atoms with van der Waals surface area (Å²) in [5.74, 6) is 1.23. The van der Waals surface area contributed by atoms with E-state index in [9.17, 15) is 4.79 Å². The lowest BCUT2D eigenvalue weighted by Crippen LogP contribution is -2.22. The molecule has 36 heavy (non-hydrogen) atoms. The molecule has 188 valence electrons. The van der Waals surface area contributed by atoms with E-state index in [1.165, 1.54) is 31.9 Å². The second-order valence-electron chi connectivity index (χ2n) is 9.10. The lowest BCUT2D eigenvalue weighted by Gasteiger charge is -2.17. The molecular formula is C25H29ClN8O2. The van der Waals surface area contributed by atoms with E-state index in [1.54, 1.807) is 18.5 Å². The Bertz CT molecular complexity index is 1350. The predicted octanol–water partition coefficient (Wildman–Crippen LogP) is 6.25. The van der Waals surface area contributed by atoms with Crippen LogP contribution in [0.1, 0.15) is 75.8 Å². The van der Waals surface area contributed by atoms with Crippen molar-refractivity contribution < 1.29 is 9.32 Å². The van der Waals surface area contributed by atoms with Gasteiger partial charge in [-0.1, -0.05) is 55.8 Å². The molecule has 0 unspecified atom stereocenters. The van der Waals surface area contributed by atoms with E-state index in [-0.39, 0.29) is 0 Å². The van der Waals surface area contributed by atoms with Crippen molar-refractivity contribution in [3.8, 4) is 11.5 Å². The van der Waals surface area contributed by atoms with E-state index in [2.05, 4.69) is 42.8 Å². The van der Waals surface area contributed by atoms with Crippen molar-refractivity contribution in [2.45, 2.75) is 70.6 Å². The molecule has 10 nitrogen and oxygen atoms in total. The maximum atomic E-state index is 12.8. The van der Waals surface area contributed by atoms with Crippen molar-refractivity contribution in [1.82, 2.24) is 29.7 Å². The summed E-state index contributed by atoms with van der Waals surface area (Å²) < 4.78 is 7.16. The van der Waals surface area contributed by atoms with Gasteiger partial charge in [-0.25, -0.2) is 19.3 Å². The van der Waals surface area contributed by atoms with E-state index in [0.29, 0.717) is 39.7 Å². The van der Waals surface area contributed by atoms with E-state index in [0.717, 1.165) is 43.4 Å². The number of fused-ring (bicyclic) bond motifs is 1. The van der Waals surface area contributed by atoms with Gasteiger partial charge in [0, 0.05) is 18.4 Å². The number of aromatic nitrogens is 6. The Morgan fingerprint density at radius 1 is 1.17 bits per heavy atom. The van der Waals surface area contributed by atoms with Crippen LogP contribution < -0.4 is 10.6 Å². The molecule has 5 rings (SSSR count). The molecular weight excluding hydrogens is 480 g/mol. The highest BCUT2D eigenvalue weighted by Crippen LogP contribution is 2.37. The minimum Gasteiger partial charge on any atom is -0.339 e. The Morgan fingerprint density at radius 2 is 2.03 bits per heavy atom. The predicted molar refractivity (Wildman–Crippen MR) is 137 cm³/mol. The maximum Gasteiger partial charge on any atom is 0.323 e. The summed E-state index contributed by atoms with van der Waals surface area (Å²) in [5, 5.41) is 14.5. The van der Waals surface area contributed by atoms with E-state index in [4.69, 9.17) is 16.1 Å². The zero-order valence-corrected chi connectivity index (χ0v) is 21.0. The van der Waals surface area contributed by atoms with Crippen LogP contribution in [0.4, 0.5) is 16.2 Å². The van der Waals surface area contributed by atoms with Crippen LogP contribution >= 0.6 is 11.6 Å². The van der Waals surface area contributed by atoms with Gasteiger partial charge in [0.15, 0.2) is 5.65 Å². The van der Waals surface area contributed by atoms with Gasteiger partial charge >= 0.3 is 6.03 Å². The number of halogens is 1. The number of hydrogen-bond donors (Lipinski definition) is 2. The number of urea groups is 1. The van der Waals surface area contributed by atoms with Crippen LogP contribution in [0.25, 0.3) is 17.2 Å². The maximum absolute atomic E-state index is 12.8. The Morgan fingerprint density at radius 3 is 2.83 bits per heavy atom. The van der Waals surface area contributed by atoms with Gasteiger partial charge in [-0.3, -0.25) is 0 Å². The third-order valence-electron chi connectivity index (χ3n) is 6.47. The molecule has 0 saturated heterocycles. The smallest absolute Gasteiger partial charge is 0.323 e. The van der Waals surface area contributed by atoms with Crippen molar-refractivity contribution in [2.24, 2.45) is 0 Å². The zero-order chi connectivity index (χ0) is 24.9. The molecule has 2 N–H and O–H groups in total. The van der Waals surface area contributed by atoms with Gasteiger partial charge in [-0.15, -0.1) is 0 Å². The summed E-state index contributed by atoms with van der Waals surface area (Å²) >= 11 is 6.45. The second kappa shape index (κ2) is 11.0. The Labute approximate surface area is 213 Å². The van der Waals surface area contributed by atoms with Gasteiger partial charge in [-0.2, -0.15) is 10.1 Å². The highest BCUT2D eigenvalue weighted by molar-refractivity contribution is 6.33. The van der Waals surface area contributed by atoms with Gasteiger partial charge in [0.25, 0.3) is 0 Å². The van der Waals surface area contributed by atoms with Gasteiger partial charge < -0.3 is 15.2 Å². The van der Waals surface area contributed by atoms with Gasteiger partial charge in [0.2, 0.25) is 11.7 Å². The van der Waals surface area contributed by atoms with Crippen LogP contribution in [0.3, 0.4) is 0 Å². The van der Waals surface area contributed by atoms with Crippen molar-refractivity contribution in [1.29, 1.82) is 0 Å². The van der Waals surface area contributed by atoms with Crippen LogP contribution in [0.15, 0.2) is 35.2 Å². The first-order chi connectivity index (χ1) is 17.6. The quantitative estimate of drug-likeness (QED) is 0.256. The van der Waals surface area contributed by atoms with E-state index in [1.807, 2.05) is 10.6 Å². The van der Waals surface area contributed by atoms with Crippen LogP contribution in [-0.4, -0.2) is 35.8 Å². The number of nitrogens with zero attached hydrogens (tertiary/aromatic N) is 6. The number of pyridine rings is 1. The molecule has 1 fully saturated rings. The Balaban J connectivity index is 1.27. The lowest BCUT2D eigenvalue weighted by molar-refractivity contribution is 0.262. The van der Waals surface area contributed by atoms with E-state index >= 15 is 0 Å². The minimum absolute atomic E-state index is 0.317. The van der Waals surface area contributed by atoms with Gasteiger partial charge in [-0.05, 0) is 25.3 Å². The highest BCUT2D eigenvalue weighted by Gasteiger charge is 2.25. The Hall–Kier alpha value is -3.53. The van der Waals surface area contributed by atoms with E-state index < -0.39 is 6.03 Å². The number of aryl methyl sites for hydroxylation is 1. The SMILES string of the molecule is CCCCCCc1nc(-c2ncc(NC(=O)Nc3cnc4ccnn4c3C3CCCC3)cc2Cl)no1. The second-order valence-corrected chi connectivity index (χ2v) is 9.50. The molecule has 0 bridgehead atoms. The number of carbonyl (C=O) groups excluding carboxylic acids is 1. The third kappa shape index (κ3) is 5.33. The number of rotatable bonds is 9. The fourth-order valence-electron chi connectivity index (χ4n) is 4.69. The molecule has 4 aromatic rings. The normalized spacial score (nSPS) is 13.9. The number of amides is 2. The summed E-state index contributed by atoms with van der Waals surface area (Å²) in [6.07, 6.45) is 14.6. The standard InChI is InChI=1S/C25H29ClN8O2/c1-2-3-4-5-10-21-32-24(33-36-21)22-18(26)13-17(14-28-22)30-25(35)31-19-15-27-20-11-12-29-34(20)23(19)16-8-6-7-9-16/h11-16H,2-10H2,1H3,(H2,30,31,35). The molecule has 0 aliphatic heterocycles. The fourth-order valence-corrected chi connectivity index (χ4v) is 4.94. The largest absolute Gasteiger partial charge is 0.339 e. The first-order valence-corrected chi connectivity index (χ1v) is 12.9. The summed E-state index contributed by atoms with van der Waals surface area (Å²) in [6, 6.07) is 3.06. The molecule has 0 atom stereocenters. The van der Waals surface area contributed by atoms with Crippen LogP contribution in [0.2, 0.25) is 5.02 Å². The van der Waals surface area contributed by atoms with Crippen LogP contribution in [0, 0.1) is 0 Å². The monoisotopic (exact) mass is 508 g/mol. The van der Waals surface area contributed by atoms with Crippen molar-refractivity contribution in [3.05, 3.63) is 47.3 Å². The summed E-state index contributed by atoms with van der Waals surface area (Å²) in [4.78, 5) is 26.0. The molecule has 0 aromatic carbocycles. The molecule has 4 aromatic heterocycles. The molecule has 2 amide bonds. The molecule has 0 radical (unpaired) electrons. The summed E-state index contributed by atoms with van der Waals surface area (Å²) in [5.41, 5.74) is 3.24. The average molecular weight is 509 g/mol. The lowest BCUT2D eigenvalue weighted by atomic mass is 10.0. The zero-order valence-electron chi connectivity index (χ0n) is 20.2. The Kier molecular flexibility index (Phi) is 7.41. The first-order valence-electron chi connectivity index (χ1n) is 12.5. The molecule has 11 heteroatoms. The minimum atomic E-state index is -0.415. The molecule has 1 saturated carbocycles. The summed E-state index contributed by atoms with van der Waals surface area (Å²) in [7, 11) is 0. The van der Waals surface area contributed by atoms with Crippen molar-refractivity contribution >= 4 is 34.7 Å². The number of carbonyl (C=O) groups is 1. The average Bonchev–Trinajstić information content (AvgIpc) is 3.64. The van der Waals surface area contributed by atoms with Gasteiger partial charge in [0.05, 0.1) is 40.7 Å². The van der Waals surface area contributed by atoms with Crippen molar-refractivity contribution in [2.75, 3.05) is 10.6 Å². The molecule has 1 aliphatic carbocycles. The number of nitrogens with one attached hydrogen (secondary N) is 2. The molecule has 1 aliphatic rings. The molecule has 0 spiro atoms. The number of anilines is 2. The first kappa shape index (κ1) is 24.2. The van der Waals surface area contributed by atoms with Crippen LogP contribution in [0.5, 0.6) is 0 Å². The topological polar surface area (TPSA) is 123 Å². The summed E-state index contributed by atoms with van der Waals surface area (Å²) in [6.45, 7) is 2.17. The third-order valence-corrected chi connectivity index (χ3v) is 6.75. The fraction of sp³-hybridized carbons (Fsp3) is 0.440. The molecule has 4 heterocycles.